The van der Waals surface area contributed by atoms with Crippen molar-refractivity contribution in [3.05, 3.63) is 0 Å². The Morgan fingerprint density at radius 1 is 1.50 bits per heavy atom. The fourth-order valence-corrected chi connectivity index (χ4v) is 1.53. The first kappa shape index (κ1) is 11.5. The van der Waals surface area contributed by atoms with E-state index in [4.69, 9.17) is 0 Å². The Balaban J connectivity index is 2.27. The Labute approximate surface area is 85.1 Å². The highest BCUT2D eigenvalue weighted by molar-refractivity contribution is 5.78. The van der Waals surface area contributed by atoms with E-state index in [0.717, 1.165) is 25.9 Å². The number of aliphatic hydroxyl groups is 1. The first-order valence-electron chi connectivity index (χ1n) is 5.20. The smallest absolute Gasteiger partial charge is 0.223 e. The van der Waals surface area contributed by atoms with Gasteiger partial charge in [0.05, 0.1) is 5.60 Å². The number of piperidine rings is 1. The van der Waals surface area contributed by atoms with Gasteiger partial charge in [-0.15, -0.1) is 0 Å². The van der Waals surface area contributed by atoms with Crippen molar-refractivity contribution in [3.63, 3.8) is 0 Å². The predicted molar refractivity (Wildman–Crippen MR) is 54.9 cm³/mol. The van der Waals surface area contributed by atoms with Crippen LogP contribution in [-0.2, 0) is 4.79 Å². The maximum absolute atomic E-state index is 11.6. The molecule has 0 radical (unpaired) electrons. The molecule has 0 saturated carbocycles. The lowest BCUT2D eigenvalue weighted by atomic mass is 9.97. The van der Waals surface area contributed by atoms with Crippen LogP contribution in [0.15, 0.2) is 0 Å². The summed E-state index contributed by atoms with van der Waals surface area (Å²) in [7, 11) is 0. The van der Waals surface area contributed by atoms with Crippen molar-refractivity contribution in [2.75, 3.05) is 19.6 Å². The Morgan fingerprint density at radius 2 is 2.07 bits per heavy atom. The zero-order valence-corrected chi connectivity index (χ0v) is 8.97. The van der Waals surface area contributed by atoms with Gasteiger partial charge in [-0.05, 0) is 39.8 Å². The third kappa shape index (κ3) is 4.07. The molecule has 0 aromatic carbocycles. The average molecular weight is 200 g/mol. The summed E-state index contributed by atoms with van der Waals surface area (Å²) >= 11 is 0. The molecular formula is C10H20N2O2. The summed E-state index contributed by atoms with van der Waals surface area (Å²) in [6.45, 7) is 5.54. The molecule has 0 atom stereocenters. The number of hydrogen-bond acceptors (Lipinski definition) is 3. The van der Waals surface area contributed by atoms with E-state index in [9.17, 15) is 9.90 Å². The summed E-state index contributed by atoms with van der Waals surface area (Å²) in [6, 6.07) is 0. The fourth-order valence-electron chi connectivity index (χ4n) is 1.53. The molecule has 1 fully saturated rings. The van der Waals surface area contributed by atoms with Gasteiger partial charge in [-0.2, -0.15) is 0 Å². The Kier molecular flexibility index (Phi) is 3.89. The van der Waals surface area contributed by atoms with Crippen LogP contribution >= 0.6 is 0 Å². The molecule has 4 heteroatoms. The van der Waals surface area contributed by atoms with Gasteiger partial charge in [0, 0.05) is 12.5 Å². The summed E-state index contributed by atoms with van der Waals surface area (Å²) in [5, 5.41) is 15.4. The van der Waals surface area contributed by atoms with E-state index < -0.39 is 5.60 Å². The van der Waals surface area contributed by atoms with E-state index in [1.54, 1.807) is 13.8 Å². The molecule has 1 heterocycles. The van der Waals surface area contributed by atoms with E-state index in [1.165, 1.54) is 0 Å². The molecule has 0 aromatic heterocycles. The van der Waals surface area contributed by atoms with Gasteiger partial charge in [-0.1, -0.05) is 0 Å². The second-order valence-electron chi connectivity index (χ2n) is 4.55. The van der Waals surface area contributed by atoms with Gasteiger partial charge in [-0.25, -0.2) is 0 Å². The predicted octanol–water partition coefficient (Wildman–Crippen LogP) is -0.127. The van der Waals surface area contributed by atoms with Crippen LogP contribution in [0.2, 0.25) is 0 Å². The zero-order valence-electron chi connectivity index (χ0n) is 8.97. The monoisotopic (exact) mass is 200 g/mol. The van der Waals surface area contributed by atoms with Crippen LogP contribution in [-0.4, -0.2) is 36.2 Å². The molecule has 1 amide bonds. The van der Waals surface area contributed by atoms with Crippen molar-refractivity contribution in [2.45, 2.75) is 32.3 Å². The van der Waals surface area contributed by atoms with Gasteiger partial charge in [0.2, 0.25) is 5.91 Å². The molecule has 1 aliphatic rings. The van der Waals surface area contributed by atoms with Crippen LogP contribution in [0.25, 0.3) is 0 Å². The second-order valence-corrected chi connectivity index (χ2v) is 4.55. The second kappa shape index (κ2) is 4.75. The minimum Gasteiger partial charge on any atom is -0.389 e. The van der Waals surface area contributed by atoms with Crippen molar-refractivity contribution in [3.8, 4) is 0 Å². The van der Waals surface area contributed by atoms with E-state index >= 15 is 0 Å². The number of rotatable bonds is 3. The van der Waals surface area contributed by atoms with Crippen LogP contribution in [0.3, 0.4) is 0 Å². The van der Waals surface area contributed by atoms with Crippen LogP contribution in [0.1, 0.15) is 26.7 Å². The van der Waals surface area contributed by atoms with Crippen molar-refractivity contribution >= 4 is 5.91 Å². The highest BCUT2D eigenvalue weighted by Gasteiger charge is 2.22. The molecule has 1 rings (SSSR count). The average Bonchev–Trinajstić information content (AvgIpc) is 2.14. The first-order valence-corrected chi connectivity index (χ1v) is 5.20. The largest absolute Gasteiger partial charge is 0.389 e. The zero-order chi connectivity index (χ0) is 10.6. The topological polar surface area (TPSA) is 61.4 Å². The van der Waals surface area contributed by atoms with Gasteiger partial charge in [0.1, 0.15) is 0 Å². The third-order valence-electron chi connectivity index (χ3n) is 2.41. The molecule has 0 unspecified atom stereocenters. The van der Waals surface area contributed by atoms with Crippen LogP contribution in [0, 0.1) is 5.92 Å². The first-order chi connectivity index (χ1) is 6.49. The van der Waals surface area contributed by atoms with Crippen LogP contribution in [0.4, 0.5) is 0 Å². The number of amides is 1. The summed E-state index contributed by atoms with van der Waals surface area (Å²) < 4.78 is 0. The molecule has 0 aliphatic carbocycles. The van der Waals surface area contributed by atoms with Crippen LogP contribution in [0.5, 0.6) is 0 Å². The Hall–Kier alpha value is -0.610. The van der Waals surface area contributed by atoms with Gasteiger partial charge in [0.15, 0.2) is 0 Å². The quantitative estimate of drug-likeness (QED) is 0.595. The highest BCUT2D eigenvalue weighted by atomic mass is 16.3. The maximum atomic E-state index is 11.6. The molecule has 0 spiro atoms. The normalized spacial score (nSPS) is 19.4. The molecule has 14 heavy (non-hydrogen) atoms. The van der Waals surface area contributed by atoms with Gasteiger partial charge >= 0.3 is 0 Å². The number of carbonyl (C=O) groups excluding carboxylic acids is 1. The summed E-state index contributed by atoms with van der Waals surface area (Å²) in [5.74, 6) is 0.201. The van der Waals surface area contributed by atoms with E-state index in [0.29, 0.717) is 6.54 Å². The molecule has 1 saturated heterocycles. The molecule has 82 valence electrons. The molecule has 4 nitrogen and oxygen atoms in total. The number of carbonyl (C=O) groups is 1. The van der Waals surface area contributed by atoms with Gasteiger partial charge in [0.25, 0.3) is 0 Å². The minimum absolute atomic E-state index is 0.0774. The van der Waals surface area contributed by atoms with E-state index in [1.807, 2.05) is 0 Å². The summed E-state index contributed by atoms with van der Waals surface area (Å²) in [4.78, 5) is 11.6. The summed E-state index contributed by atoms with van der Waals surface area (Å²) in [5.41, 5.74) is -0.817. The third-order valence-corrected chi connectivity index (χ3v) is 2.41. The Morgan fingerprint density at radius 3 is 2.57 bits per heavy atom. The number of hydrogen-bond donors (Lipinski definition) is 3. The van der Waals surface area contributed by atoms with Crippen molar-refractivity contribution in [2.24, 2.45) is 5.92 Å². The van der Waals surface area contributed by atoms with Crippen molar-refractivity contribution < 1.29 is 9.90 Å². The van der Waals surface area contributed by atoms with Gasteiger partial charge < -0.3 is 15.7 Å². The molecule has 1 aliphatic heterocycles. The molecular weight excluding hydrogens is 180 g/mol. The number of nitrogens with one attached hydrogen (secondary N) is 2. The van der Waals surface area contributed by atoms with Crippen molar-refractivity contribution in [1.29, 1.82) is 0 Å². The minimum atomic E-state index is -0.817. The van der Waals surface area contributed by atoms with E-state index in [-0.39, 0.29) is 11.8 Å². The molecule has 0 aromatic rings. The summed E-state index contributed by atoms with van der Waals surface area (Å²) in [6.07, 6.45) is 1.80. The fraction of sp³-hybridized carbons (Fsp3) is 0.900. The van der Waals surface area contributed by atoms with Crippen LogP contribution < -0.4 is 10.6 Å². The van der Waals surface area contributed by atoms with E-state index in [2.05, 4.69) is 10.6 Å². The standard InChI is InChI=1S/C10H20N2O2/c1-10(2,14)7-12-9(13)8-3-5-11-6-4-8/h8,11,14H,3-7H2,1-2H3,(H,12,13). The SMILES string of the molecule is CC(C)(O)CNC(=O)C1CCNCC1. The molecule has 0 bridgehead atoms. The Bertz CT molecular complexity index is 193. The lowest BCUT2D eigenvalue weighted by Gasteiger charge is -2.24. The van der Waals surface area contributed by atoms with Crippen molar-refractivity contribution in [1.82, 2.24) is 10.6 Å². The maximum Gasteiger partial charge on any atom is 0.223 e. The highest BCUT2D eigenvalue weighted by Crippen LogP contribution is 2.11. The lowest BCUT2D eigenvalue weighted by molar-refractivity contribution is -0.126. The van der Waals surface area contributed by atoms with Gasteiger partial charge in [-0.3, -0.25) is 4.79 Å². The lowest BCUT2D eigenvalue weighted by Crippen LogP contribution is -2.43. The molecule has 3 N–H and O–H groups in total.